The molecule has 2 heterocycles. The fraction of sp³-hybridized carbons (Fsp3) is 0. The van der Waals surface area contributed by atoms with Crippen molar-refractivity contribution < 1.29 is 0 Å². The molecule has 0 saturated carbocycles. The highest BCUT2D eigenvalue weighted by Crippen LogP contribution is 2.50. The van der Waals surface area contributed by atoms with Crippen molar-refractivity contribution in [1.29, 1.82) is 0 Å². The van der Waals surface area contributed by atoms with Crippen LogP contribution in [0, 0.1) is 0 Å². The summed E-state index contributed by atoms with van der Waals surface area (Å²) in [5, 5.41) is 5.22. The molecule has 0 aliphatic heterocycles. The lowest BCUT2D eigenvalue weighted by atomic mass is 9.98. The summed E-state index contributed by atoms with van der Waals surface area (Å²) in [6.45, 7) is 0. The summed E-state index contributed by atoms with van der Waals surface area (Å²) in [5.74, 6) is 0. The number of rotatable bonds is 6. The van der Waals surface area contributed by atoms with Gasteiger partial charge in [-0.2, -0.15) is 0 Å². The van der Waals surface area contributed by atoms with Crippen molar-refractivity contribution in [3.63, 3.8) is 0 Å². The highest BCUT2D eigenvalue weighted by atomic mass is 32.1. The summed E-state index contributed by atoms with van der Waals surface area (Å²) in [6, 6.07) is 68.6. The second-order valence-corrected chi connectivity index (χ2v) is 15.0. The smallest absolute Gasteiger partial charge is 0.0718 e. The lowest BCUT2D eigenvalue weighted by Crippen LogP contribution is -2.11. The van der Waals surface area contributed by atoms with Crippen LogP contribution in [0.4, 0.5) is 17.1 Å². The van der Waals surface area contributed by atoms with Gasteiger partial charge in [-0.25, -0.2) is 0 Å². The first-order valence-electron chi connectivity index (χ1n) is 17.3. The van der Waals surface area contributed by atoms with E-state index in [0.29, 0.717) is 0 Å². The van der Waals surface area contributed by atoms with Gasteiger partial charge in [0.1, 0.15) is 0 Å². The zero-order chi connectivity index (χ0) is 33.7. The van der Waals surface area contributed by atoms with E-state index >= 15 is 0 Å². The third-order valence-corrected chi connectivity index (χ3v) is 12.2. The molecule has 0 amide bonds. The lowest BCUT2D eigenvalue weighted by molar-refractivity contribution is 1.30. The van der Waals surface area contributed by atoms with E-state index in [4.69, 9.17) is 0 Å². The van der Waals surface area contributed by atoms with Crippen LogP contribution in [0.25, 0.3) is 73.7 Å². The Morgan fingerprint density at radius 1 is 0.314 bits per heavy atom. The van der Waals surface area contributed by atoms with Crippen molar-refractivity contribution in [3.05, 3.63) is 188 Å². The molecule has 0 N–H and O–H groups in total. The van der Waals surface area contributed by atoms with Crippen LogP contribution in [0.1, 0.15) is 0 Å². The molecule has 1 nitrogen and oxygen atoms in total. The minimum atomic E-state index is 1.12. The molecule has 2 aromatic heterocycles. The maximum Gasteiger partial charge on any atom is 0.0718 e. The molecule has 0 bridgehead atoms. The first-order chi connectivity index (χ1) is 25.3. The standard InChI is InChI=1S/C48H31NS2/c1-3-11-32(12-4-1)33-19-24-37(25-20-33)49(38-26-21-34(22-27-38)36-23-30-46-43(31-36)41-16-8-9-17-44(41)50-46)47-39(35-13-5-2-6-14-35)28-29-42-40-15-7-10-18-45(40)51-48(42)47/h1-31H. The number of fused-ring (bicyclic) bond motifs is 6. The van der Waals surface area contributed by atoms with Gasteiger partial charge in [0.15, 0.2) is 0 Å². The second kappa shape index (κ2) is 12.4. The third kappa shape index (κ3) is 5.21. The lowest BCUT2D eigenvalue weighted by Gasteiger charge is -2.29. The van der Waals surface area contributed by atoms with Gasteiger partial charge in [-0.1, -0.05) is 140 Å². The van der Waals surface area contributed by atoms with Crippen LogP contribution in [-0.2, 0) is 0 Å². The van der Waals surface area contributed by atoms with Gasteiger partial charge >= 0.3 is 0 Å². The molecular formula is C48H31NS2. The van der Waals surface area contributed by atoms with Crippen molar-refractivity contribution in [2.24, 2.45) is 0 Å². The second-order valence-electron chi connectivity index (χ2n) is 12.9. The Labute approximate surface area is 304 Å². The maximum atomic E-state index is 2.47. The molecule has 0 unspecified atom stereocenters. The van der Waals surface area contributed by atoms with Gasteiger partial charge in [-0.3, -0.25) is 0 Å². The SMILES string of the molecule is c1ccc(-c2ccc(N(c3ccc(-c4ccc5sc6ccccc6c5c4)cc3)c3c(-c4ccccc4)ccc4c3sc3ccccc34)cc2)cc1. The Bertz CT molecular complexity index is 2830. The minimum absolute atomic E-state index is 1.12. The molecule has 10 aromatic rings. The molecule has 0 radical (unpaired) electrons. The van der Waals surface area contributed by atoms with Crippen LogP contribution in [0.15, 0.2) is 188 Å². The van der Waals surface area contributed by atoms with Gasteiger partial charge in [0, 0.05) is 52.6 Å². The Morgan fingerprint density at radius 2 is 0.804 bits per heavy atom. The molecule has 3 heteroatoms. The van der Waals surface area contributed by atoms with Crippen molar-refractivity contribution in [3.8, 4) is 33.4 Å². The first-order valence-corrected chi connectivity index (χ1v) is 18.9. The largest absolute Gasteiger partial charge is 0.308 e. The van der Waals surface area contributed by atoms with E-state index in [1.54, 1.807) is 0 Å². The highest BCUT2D eigenvalue weighted by molar-refractivity contribution is 7.26. The normalized spacial score (nSPS) is 11.5. The number of hydrogen-bond acceptors (Lipinski definition) is 3. The van der Waals surface area contributed by atoms with Gasteiger partial charge in [0.25, 0.3) is 0 Å². The van der Waals surface area contributed by atoms with Crippen molar-refractivity contribution in [1.82, 2.24) is 0 Å². The van der Waals surface area contributed by atoms with Gasteiger partial charge in [-0.15, -0.1) is 22.7 Å². The van der Waals surface area contributed by atoms with Crippen LogP contribution in [0.2, 0.25) is 0 Å². The summed E-state index contributed by atoms with van der Waals surface area (Å²) >= 11 is 3.74. The van der Waals surface area contributed by atoms with Crippen LogP contribution < -0.4 is 4.90 Å². The topological polar surface area (TPSA) is 3.24 Å². The Hall–Kier alpha value is -6.00. The number of thiophene rings is 2. The molecule has 0 aliphatic rings. The monoisotopic (exact) mass is 685 g/mol. The molecule has 0 saturated heterocycles. The van der Waals surface area contributed by atoms with Crippen LogP contribution >= 0.6 is 22.7 Å². The zero-order valence-corrected chi connectivity index (χ0v) is 29.3. The fourth-order valence-corrected chi connectivity index (χ4v) is 9.72. The summed E-state index contributed by atoms with van der Waals surface area (Å²) in [4.78, 5) is 2.47. The number of benzene rings is 8. The van der Waals surface area contributed by atoms with Crippen molar-refractivity contribution >= 4 is 80.1 Å². The van der Waals surface area contributed by atoms with Crippen molar-refractivity contribution in [2.45, 2.75) is 0 Å². The van der Waals surface area contributed by atoms with Gasteiger partial charge in [0.05, 0.1) is 10.4 Å². The van der Waals surface area contributed by atoms with E-state index in [1.165, 1.54) is 79.4 Å². The Balaban J connectivity index is 1.17. The van der Waals surface area contributed by atoms with Gasteiger partial charge < -0.3 is 4.90 Å². The first kappa shape index (κ1) is 29.9. The quantitative estimate of drug-likeness (QED) is 0.168. The molecule has 51 heavy (non-hydrogen) atoms. The molecular weight excluding hydrogens is 655 g/mol. The minimum Gasteiger partial charge on any atom is -0.308 e. The number of nitrogens with zero attached hydrogens (tertiary/aromatic N) is 1. The molecule has 240 valence electrons. The van der Waals surface area contributed by atoms with Crippen LogP contribution in [-0.4, -0.2) is 0 Å². The van der Waals surface area contributed by atoms with Gasteiger partial charge in [0.2, 0.25) is 0 Å². The highest BCUT2D eigenvalue weighted by Gasteiger charge is 2.23. The molecule has 8 aromatic carbocycles. The van der Waals surface area contributed by atoms with E-state index < -0.39 is 0 Å². The van der Waals surface area contributed by atoms with E-state index in [1.807, 2.05) is 22.7 Å². The zero-order valence-electron chi connectivity index (χ0n) is 27.7. The van der Waals surface area contributed by atoms with E-state index in [0.717, 1.165) is 11.4 Å². The maximum absolute atomic E-state index is 2.47. The summed E-state index contributed by atoms with van der Waals surface area (Å²) in [7, 11) is 0. The summed E-state index contributed by atoms with van der Waals surface area (Å²) < 4.78 is 5.23. The molecule has 0 aliphatic carbocycles. The summed E-state index contributed by atoms with van der Waals surface area (Å²) in [5.41, 5.74) is 10.7. The number of anilines is 3. The summed E-state index contributed by atoms with van der Waals surface area (Å²) in [6.07, 6.45) is 0. The fourth-order valence-electron chi connectivity index (χ4n) is 7.40. The average Bonchev–Trinajstić information content (AvgIpc) is 3.78. The van der Waals surface area contributed by atoms with Gasteiger partial charge in [-0.05, 0) is 76.3 Å². The van der Waals surface area contributed by atoms with Crippen LogP contribution in [0.5, 0.6) is 0 Å². The number of hydrogen-bond donors (Lipinski definition) is 0. The predicted octanol–water partition coefficient (Wildman–Crippen LogP) is 14.9. The Morgan fingerprint density at radius 3 is 1.47 bits per heavy atom. The predicted molar refractivity (Wildman–Crippen MR) is 223 cm³/mol. The van der Waals surface area contributed by atoms with E-state index in [2.05, 4.69) is 193 Å². The Kier molecular flexibility index (Phi) is 7.26. The van der Waals surface area contributed by atoms with E-state index in [-0.39, 0.29) is 0 Å². The average molecular weight is 686 g/mol. The molecule has 0 fully saturated rings. The third-order valence-electron chi connectivity index (χ3n) is 9.90. The van der Waals surface area contributed by atoms with Crippen LogP contribution in [0.3, 0.4) is 0 Å². The van der Waals surface area contributed by atoms with Crippen molar-refractivity contribution in [2.75, 3.05) is 4.90 Å². The molecule has 10 rings (SSSR count). The molecule has 0 atom stereocenters. The van der Waals surface area contributed by atoms with E-state index in [9.17, 15) is 0 Å². The molecule has 0 spiro atoms.